The second-order valence-electron chi connectivity index (χ2n) is 7.31. The van der Waals surface area contributed by atoms with Gasteiger partial charge in [0.2, 0.25) is 11.8 Å². The molecule has 0 aliphatic heterocycles. The van der Waals surface area contributed by atoms with Crippen LogP contribution in [0.15, 0.2) is 55.1 Å². The first-order valence-corrected chi connectivity index (χ1v) is 9.92. The maximum atomic E-state index is 13.4. The molecule has 4 aromatic rings. The van der Waals surface area contributed by atoms with E-state index in [1.165, 1.54) is 41.4 Å². The molecule has 3 N–H and O–H groups in total. The minimum Gasteiger partial charge on any atom is -0.368 e. The van der Waals surface area contributed by atoms with Gasteiger partial charge in [0.15, 0.2) is 0 Å². The van der Waals surface area contributed by atoms with Crippen LogP contribution in [0.2, 0.25) is 0 Å². The van der Waals surface area contributed by atoms with Gasteiger partial charge in [0.1, 0.15) is 11.5 Å². The number of hydrogen-bond acceptors (Lipinski definition) is 4. The fraction of sp³-hybridized carbons (Fsp3) is 0.182. The third-order valence-electron chi connectivity index (χ3n) is 4.95. The van der Waals surface area contributed by atoms with Crippen molar-refractivity contribution in [3.63, 3.8) is 0 Å². The number of carbonyl (C=O) groups is 2. The molecule has 3 aromatic heterocycles. The minimum atomic E-state index is -2.61. The van der Waals surface area contributed by atoms with E-state index in [0.717, 1.165) is 0 Å². The second-order valence-corrected chi connectivity index (χ2v) is 7.31. The monoisotopic (exact) mass is 456 g/mol. The van der Waals surface area contributed by atoms with Crippen molar-refractivity contribution in [1.29, 1.82) is 0 Å². The largest absolute Gasteiger partial charge is 0.368 e. The van der Waals surface area contributed by atoms with Crippen LogP contribution >= 0.6 is 0 Å². The average molecular weight is 456 g/mol. The number of alkyl halides is 2. The number of nitrogens with one attached hydrogen (secondary N) is 1. The molecule has 0 radical (unpaired) electrons. The van der Waals surface area contributed by atoms with E-state index in [0.29, 0.717) is 33.9 Å². The fourth-order valence-electron chi connectivity index (χ4n) is 3.51. The van der Waals surface area contributed by atoms with Crippen molar-refractivity contribution in [2.24, 2.45) is 5.73 Å². The maximum absolute atomic E-state index is 13.4. The number of amides is 2. The summed E-state index contributed by atoms with van der Waals surface area (Å²) in [6.45, 7) is -0.859. The topological polar surface area (TPSA) is 107 Å². The maximum Gasteiger partial charge on any atom is 0.256 e. The number of carbonyl (C=O) groups excluding carboxylic acids is 2. The molecule has 3 heterocycles. The highest BCUT2D eigenvalue weighted by Crippen LogP contribution is 2.32. The van der Waals surface area contributed by atoms with Gasteiger partial charge in [-0.25, -0.2) is 23.1 Å². The summed E-state index contributed by atoms with van der Waals surface area (Å²) >= 11 is 0. The highest BCUT2D eigenvalue weighted by molar-refractivity contribution is 5.85. The lowest BCUT2D eigenvalue weighted by Gasteiger charge is -2.12. The van der Waals surface area contributed by atoms with E-state index in [9.17, 15) is 22.8 Å². The molecule has 0 unspecified atom stereocenters. The molecule has 0 saturated heterocycles. The summed E-state index contributed by atoms with van der Waals surface area (Å²) in [7, 11) is 0. The van der Waals surface area contributed by atoms with E-state index in [2.05, 4.69) is 15.3 Å². The standard InChI is InChI=1S/C22H19F3N6O2/c23-15-4-1-13(2-5-15)21-22(30(12-29-21)11-17(24)25)14-3-6-19-27-8-16(31(19)10-14)7-20(33)28-9-18(26)32/h1-6,8,10,12,17H,7,9,11H2,(H2,26,32)(H,28,33). The number of primary amides is 1. The van der Waals surface area contributed by atoms with Crippen LogP contribution in [0.5, 0.6) is 0 Å². The third kappa shape index (κ3) is 4.86. The van der Waals surface area contributed by atoms with Crippen molar-refractivity contribution in [3.8, 4) is 22.5 Å². The molecule has 11 heteroatoms. The Morgan fingerprint density at radius 1 is 1.06 bits per heavy atom. The number of fused-ring (bicyclic) bond motifs is 1. The first kappa shape index (κ1) is 22.1. The summed E-state index contributed by atoms with van der Waals surface area (Å²) < 4.78 is 42.9. The van der Waals surface area contributed by atoms with Gasteiger partial charge in [0, 0.05) is 23.5 Å². The van der Waals surface area contributed by atoms with E-state index in [1.54, 1.807) is 22.7 Å². The van der Waals surface area contributed by atoms with Crippen LogP contribution in [0.4, 0.5) is 13.2 Å². The van der Waals surface area contributed by atoms with Gasteiger partial charge in [-0.1, -0.05) is 0 Å². The first-order valence-electron chi connectivity index (χ1n) is 9.92. The number of nitrogens with two attached hydrogens (primary N) is 1. The van der Waals surface area contributed by atoms with Crippen LogP contribution in [0, 0.1) is 5.82 Å². The summed E-state index contributed by atoms with van der Waals surface area (Å²) in [6.07, 6.45) is 1.82. The smallest absolute Gasteiger partial charge is 0.256 e. The van der Waals surface area contributed by atoms with E-state index in [4.69, 9.17) is 5.73 Å². The van der Waals surface area contributed by atoms with Gasteiger partial charge in [0.25, 0.3) is 6.43 Å². The predicted molar refractivity (Wildman–Crippen MR) is 114 cm³/mol. The number of nitrogens with zero attached hydrogens (tertiary/aromatic N) is 4. The molecular weight excluding hydrogens is 437 g/mol. The Morgan fingerprint density at radius 2 is 1.79 bits per heavy atom. The van der Waals surface area contributed by atoms with Crippen LogP contribution in [-0.2, 0) is 22.6 Å². The number of pyridine rings is 1. The summed E-state index contributed by atoms with van der Waals surface area (Å²) in [4.78, 5) is 31.6. The molecule has 0 spiro atoms. The highest BCUT2D eigenvalue weighted by atomic mass is 19.3. The van der Waals surface area contributed by atoms with Crippen molar-refractivity contribution < 1.29 is 22.8 Å². The molecule has 4 rings (SSSR count). The van der Waals surface area contributed by atoms with E-state index in [-0.39, 0.29) is 13.0 Å². The van der Waals surface area contributed by atoms with E-state index < -0.39 is 30.6 Å². The fourth-order valence-corrected chi connectivity index (χ4v) is 3.51. The Hall–Kier alpha value is -4.15. The Morgan fingerprint density at radius 3 is 2.48 bits per heavy atom. The van der Waals surface area contributed by atoms with Crippen LogP contribution in [0.25, 0.3) is 28.2 Å². The van der Waals surface area contributed by atoms with Gasteiger partial charge in [-0.15, -0.1) is 0 Å². The van der Waals surface area contributed by atoms with Crippen molar-refractivity contribution in [2.45, 2.75) is 19.4 Å². The van der Waals surface area contributed by atoms with Gasteiger partial charge in [-0.3, -0.25) is 9.59 Å². The van der Waals surface area contributed by atoms with E-state index in [1.807, 2.05) is 0 Å². The highest BCUT2D eigenvalue weighted by Gasteiger charge is 2.19. The van der Waals surface area contributed by atoms with Gasteiger partial charge >= 0.3 is 0 Å². The SMILES string of the molecule is NC(=O)CNC(=O)Cc1cnc2ccc(-c3c(-c4ccc(F)cc4)ncn3CC(F)F)cn12. The molecular formula is C22H19F3N6O2. The van der Waals surface area contributed by atoms with Gasteiger partial charge in [-0.2, -0.15) is 0 Å². The quantitative estimate of drug-likeness (QED) is 0.425. The number of benzene rings is 1. The lowest BCUT2D eigenvalue weighted by atomic mass is 10.1. The van der Waals surface area contributed by atoms with Crippen LogP contribution in [0.3, 0.4) is 0 Å². The Balaban J connectivity index is 1.76. The molecule has 0 aliphatic rings. The first-order chi connectivity index (χ1) is 15.8. The normalized spacial score (nSPS) is 11.3. The lowest BCUT2D eigenvalue weighted by molar-refractivity contribution is -0.124. The Bertz CT molecular complexity index is 1310. The van der Waals surface area contributed by atoms with Crippen LogP contribution in [-0.4, -0.2) is 43.7 Å². The molecule has 0 aliphatic carbocycles. The molecule has 8 nitrogen and oxygen atoms in total. The Kier molecular flexibility index (Phi) is 6.11. The average Bonchev–Trinajstić information content (AvgIpc) is 3.36. The summed E-state index contributed by atoms with van der Waals surface area (Å²) in [5.41, 5.74) is 8.06. The third-order valence-corrected chi connectivity index (χ3v) is 4.95. The van der Waals surface area contributed by atoms with Crippen molar-refractivity contribution >= 4 is 17.5 Å². The second kappa shape index (κ2) is 9.15. The summed E-state index contributed by atoms with van der Waals surface area (Å²) in [6, 6.07) is 9.00. The number of aromatic nitrogens is 4. The zero-order chi connectivity index (χ0) is 23.5. The molecule has 33 heavy (non-hydrogen) atoms. The van der Waals surface area contributed by atoms with Gasteiger partial charge in [-0.05, 0) is 36.4 Å². The Labute approximate surface area is 185 Å². The van der Waals surface area contributed by atoms with Crippen molar-refractivity contribution in [3.05, 3.63) is 66.6 Å². The predicted octanol–water partition coefficient (Wildman–Crippen LogP) is 2.41. The molecule has 0 fully saturated rings. The molecule has 170 valence electrons. The number of rotatable bonds is 8. The molecule has 1 aromatic carbocycles. The zero-order valence-corrected chi connectivity index (χ0v) is 17.2. The zero-order valence-electron chi connectivity index (χ0n) is 17.2. The summed E-state index contributed by atoms with van der Waals surface area (Å²) in [5, 5.41) is 2.41. The lowest BCUT2D eigenvalue weighted by Crippen LogP contribution is -2.34. The molecule has 2 amide bonds. The van der Waals surface area contributed by atoms with Gasteiger partial charge < -0.3 is 20.0 Å². The number of imidazole rings is 2. The molecule has 0 saturated carbocycles. The van der Waals surface area contributed by atoms with Crippen molar-refractivity contribution in [1.82, 2.24) is 24.3 Å². The van der Waals surface area contributed by atoms with Crippen molar-refractivity contribution in [2.75, 3.05) is 6.54 Å². The number of halogens is 3. The summed E-state index contributed by atoms with van der Waals surface area (Å²) in [5.74, 6) is -1.51. The minimum absolute atomic E-state index is 0.0704. The van der Waals surface area contributed by atoms with Crippen LogP contribution < -0.4 is 11.1 Å². The van der Waals surface area contributed by atoms with Gasteiger partial charge in [0.05, 0.1) is 42.9 Å². The number of hydrogen-bond donors (Lipinski definition) is 2. The molecule has 0 atom stereocenters. The molecule has 0 bridgehead atoms. The van der Waals surface area contributed by atoms with Crippen LogP contribution in [0.1, 0.15) is 5.69 Å². The van der Waals surface area contributed by atoms with E-state index >= 15 is 0 Å².